The fraction of sp³-hybridized carbons (Fsp3) is 0.273. The van der Waals surface area contributed by atoms with Crippen molar-refractivity contribution in [2.45, 2.75) is 6.92 Å². The van der Waals surface area contributed by atoms with Gasteiger partial charge in [0, 0.05) is 0 Å². The number of rotatable bonds is 5. The summed E-state index contributed by atoms with van der Waals surface area (Å²) in [6.45, 7) is 2.47. The van der Waals surface area contributed by atoms with Crippen LogP contribution in [0.4, 0.5) is 0 Å². The van der Waals surface area contributed by atoms with Gasteiger partial charge in [0.25, 0.3) is 0 Å². The lowest BCUT2D eigenvalue weighted by Crippen LogP contribution is -2.21. The van der Waals surface area contributed by atoms with E-state index in [1.54, 1.807) is 13.3 Å². The number of benzene rings is 1. The van der Waals surface area contributed by atoms with Crippen LogP contribution in [0, 0.1) is 3.57 Å². The normalized spacial score (nSPS) is 10.4. The first-order valence-electron chi connectivity index (χ1n) is 5.20. The molecule has 1 aromatic carbocycles. The maximum atomic E-state index is 5.50. The quantitative estimate of drug-likeness (QED) is 0.357. The summed E-state index contributed by atoms with van der Waals surface area (Å²) in [6.07, 6.45) is 1.55. The second-order valence-electron chi connectivity index (χ2n) is 3.24. The standard InChI is InChI=1S/C11H15IN4O2/c1-3-18-9-5-7(6-15-16-11(13)14)4-8(12)10(9)17-2/h4-6H,3H2,1-2H3,(H4,13,14,16). The van der Waals surface area contributed by atoms with Crippen molar-refractivity contribution in [3.63, 3.8) is 0 Å². The predicted molar refractivity (Wildman–Crippen MR) is 80.3 cm³/mol. The lowest BCUT2D eigenvalue weighted by molar-refractivity contribution is 0.309. The molecule has 0 amide bonds. The van der Waals surface area contributed by atoms with Crippen molar-refractivity contribution in [3.8, 4) is 11.5 Å². The molecule has 1 aromatic rings. The molecule has 0 unspecified atom stereocenters. The summed E-state index contributed by atoms with van der Waals surface area (Å²) in [5, 5.41) is 7.29. The number of methoxy groups -OCH3 is 1. The van der Waals surface area contributed by atoms with Gasteiger partial charge in [0.15, 0.2) is 11.5 Å². The van der Waals surface area contributed by atoms with E-state index in [9.17, 15) is 0 Å². The number of hydrogen-bond donors (Lipinski definition) is 2. The Kier molecular flexibility index (Phi) is 5.69. The summed E-state index contributed by atoms with van der Waals surface area (Å²) >= 11 is 2.16. The van der Waals surface area contributed by atoms with Crippen LogP contribution in [-0.4, -0.2) is 25.9 Å². The molecule has 0 radical (unpaired) electrons. The zero-order valence-electron chi connectivity index (χ0n) is 10.2. The van der Waals surface area contributed by atoms with Crippen LogP contribution >= 0.6 is 22.6 Å². The summed E-state index contributed by atoms with van der Waals surface area (Å²) in [4.78, 5) is 0. The lowest BCUT2D eigenvalue weighted by atomic mass is 10.2. The molecule has 1 rings (SSSR count). The first-order chi connectivity index (χ1) is 8.58. The van der Waals surface area contributed by atoms with Gasteiger partial charge in [-0.25, -0.2) is 0 Å². The highest BCUT2D eigenvalue weighted by molar-refractivity contribution is 14.1. The Hall–Kier alpha value is -1.51. The van der Waals surface area contributed by atoms with E-state index in [4.69, 9.17) is 20.9 Å². The minimum atomic E-state index is -0.0838. The Labute approximate surface area is 119 Å². The third kappa shape index (κ3) is 4.06. The molecule has 0 aliphatic rings. The monoisotopic (exact) mass is 362 g/mol. The van der Waals surface area contributed by atoms with E-state index < -0.39 is 0 Å². The average Bonchev–Trinajstić information content (AvgIpc) is 2.28. The van der Waals surface area contributed by atoms with Crippen molar-refractivity contribution in [1.82, 2.24) is 0 Å². The highest BCUT2D eigenvalue weighted by atomic mass is 127. The van der Waals surface area contributed by atoms with Crippen LogP contribution in [-0.2, 0) is 0 Å². The minimum Gasteiger partial charge on any atom is -0.492 e. The SMILES string of the molecule is CCOc1cc(C=NN=C(N)N)cc(I)c1OC. The van der Waals surface area contributed by atoms with E-state index in [1.807, 2.05) is 19.1 Å². The van der Waals surface area contributed by atoms with Gasteiger partial charge >= 0.3 is 0 Å². The van der Waals surface area contributed by atoms with Crippen molar-refractivity contribution in [3.05, 3.63) is 21.3 Å². The van der Waals surface area contributed by atoms with Crippen molar-refractivity contribution in [2.24, 2.45) is 21.7 Å². The van der Waals surface area contributed by atoms with Gasteiger partial charge in [-0.3, -0.25) is 0 Å². The van der Waals surface area contributed by atoms with E-state index in [-0.39, 0.29) is 5.96 Å². The molecular formula is C11H15IN4O2. The molecule has 0 aliphatic carbocycles. The van der Waals surface area contributed by atoms with Crippen LogP contribution < -0.4 is 20.9 Å². The third-order valence-electron chi connectivity index (χ3n) is 1.92. The number of guanidine groups is 1. The molecule has 0 fully saturated rings. The first-order valence-corrected chi connectivity index (χ1v) is 6.28. The van der Waals surface area contributed by atoms with E-state index in [1.165, 1.54) is 0 Å². The van der Waals surface area contributed by atoms with Crippen LogP contribution in [0.5, 0.6) is 11.5 Å². The molecule has 98 valence electrons. The van der Waals surface area contributed by atoms with Crippen molar-refractivity contribution >= 4 is 34.8 Å². The van der Waals surface area contributed by atoms with E-state index in [2.05, 4.69) is 32.8 Å². The summed E-state index contributed by atoms with van der Waals surface area (Å²) in [6, 6.07) is 3.71. The first kappa shape index (κ1) is 14.6. The van der Waals surface area contributed by atoms with E-state index in [0.29, 0.717) is 18.1 Å². The Morgan fingerprint density at radius 1 is 1.44 bits per heavy atom. The number of nitrogens with zero attached hydrogens (tertiary/aromatic N) is 2. The van der Waals surface area contributed by atoms with Gasteiger partial charge in [-0.15, -0.1) is 5.10 Å². The molecule has 7 heteroatoms. The highest BCUT2D eigenvalue weighted by Crippen LogP contribution is 2.33. The molecule has 0 atom stereocenters. The van der Waals surface area contributed by atoms with Crippen molar-refractivity contribution in [1.29, 1.82) is 0 Å². The molecule has 18 heavy (non-hydrogen) atoms. The Bertz CT molecular complexity index is 470. The summed E-state index contributed by atoms with van der Waals surface area (Å²) in [7, 11) is 1.60. The fourth-order valence-electron chi connectivity index (χ4n) is 1.29. The predicted octanol–water partition coefficient (Wildman–Crippen LogP) is 1.31. The molecule has 0 saturated carbocycles. The van der Waals surface area contributed by atoms with E-state index in [0.717, 1.165) is 9.13 Å². The molecule has 6 nitrogen and oxygen atoms in total. The van der Waals surface area contributed by atoms with E-state index >= 15 is 0 Å². The van der Waals surface area contributed by atoms with Crippen LogP contribution in [0.3, 0.4) is 0 Å². The van der Waals surface area contributed by atoms with Gasteiger partial charge in [-0.1, -0.05) is 0 Å². The number of halogens is 1. The van der Waals surface area contributed by atoms with Gasteiger partial charge < -0.3 is 20.9 Å². The Balaban J connectivity index is 3.08. The Morgan fingerprint density at radius 3 is 2.72 bits per heavy atom. The van der Waals surface area contributed by atoms with Crippen molar-refractivity contribution in [2.75, 3.05) is 13.7 Å². The summed E-state index contributed by atoms with van der Waals surface area (Å²) in [5.41, 5.74) is 11.2. The zero-order chi connectivity index (χ0) is 13.5. The fourth-order valence-corrected chi connectivity index (χ4v) is 2.13. The van der Waals surface area contributed by atoms with Gasteiger partial charge in [-0.2, -0.15) is 5.10 Å². The highest BCUT2D eigenvalue weighted by Gasteiger charge is 2.10. The van der Waals surface area contributed by atoms with Crippen LogP contribution in [0.1, 0.15) is 12.5 Å². The number of hydrogen-bond acceptors (Lipinski definition) is 4. The summed E-state index contributed by atoms with van der Waals surface area (Å²) in [5.74, 6) is 1.29. The lowest BCUT2D eigenvalue weighted by Gasteiger charge is -2.11. The van der Waals surface area contributed by atoms with Gasteiger partial charge in [0.1, 0.15) is 0 Å². The molecule has 0 heterocycles. The molecule has 0 aliphatic heterocycles. The molecular weight excluding hydrogens is 347 g/mol. The van der Waals surface area contributed by atoms with Crippen LogP contribution in [0.15, 0.2) is 22.3 Å². The summed E-state index contributed by atoms with van der Waals surface area (Å²) < 4.78 is 11.7. The maximum absolute atomic E-state index is 5.50. The molecule has 4 N–H and O–H groups in total. The minimum absolute atomic E-state index is 0.0838. The van der Waals surface area contributed by atoms with Crippen molar-refractivity contribution < 1.29 is 9.47 Å². The van der Waals surface area contributed by atoms with Crippen LogP contribution in [0.25, 0.3) is 0 Å². The van der Waals surface area contributed by atoms with Gasteiger partial charge in [-0.05, 0) is 47.2 Å². The number of nitrogens with two attached hydrogens (primary N) is 2. The second-order valence-corrected chi connectivity index (χ2v) is 4.40. The van der Waals surface area contributed by atoms with Crippen LogP contribution in [0.2, 0.25) is 0 Å². The Morgan fingerprint density at radius 2 is 2.17 bits per heavy atom. The molecule has 0 saturated heterocycles. The number of ether oxygens (including phenoxy) is 2. The van der Waals surface area contributed by atoms with Gasteiger partial charge in [0.2, 0.25) is 5.96 Å². The zero-order valence-corrected chi connectivity index (χ0v) is 12.3. The second kappa shape index (κ2) is 7.04. The topological polar surface area (TPSA) is 95.2 Å². The maximum Gasteiger partial charge on any atom is 0.211 e. The molecule has 0 spiro atoms. The molecule has 0 aromatic heterocycles. The smallest absolute Gasteiger partial charge is 0.211 e. The van der Waals surface area contributed by atoms with Gasteiger partial charge in [0.05, 0.1) is 23.5 Å². The largest absolute Gasteiger partial charge is 0.492 e. The third-order valence-corrected chi connectivity index (χ3v) is 2.72. The molecule has 0 bridgehead atoms. The average molecular weight is 362 g/mol.